The molecule has 124 valence electrons. The molecule has 0 aliphatic heterocycles. The summed E-state index contributed by atoms with van der Waals surface area (Å²) in [6.07, 6.45) is 1.59. The minimum atomic E-state index is -0.543. The Hall–Kier alpha value is -2.22. The Morgan fingerprint density at radius 3 is 2.80 bits per heavy atom. The van der Waals surface area contributed by atoms with E-state index in [4.69, 9.17) is 27.6 Å². The van der Waals surface area contributed by atoms with Crippen molar-refractivity contribution in [1.82, 2.24) is 19.7 Å². The summed E-state index contributed by atoms with van der Waals surface area (Å²) in [6, 6.07) is 9.89. The van der Waals surface area contributed by atoms with Crippen molar-refractivity contribution in [3.8, 4) is 17.4 Å². The third kappa shape index (κ3) is 2.95. The summed E-state index contributed by atoms with van der Waals surface area (Å²) >= 11 is 15.4. The van der Waals surface area contributed by atoms with Gasteiger partial charge in [-0.2, -0.15) is 5.10 Å². The molecule has 0 bridgehead atoms. The van der Waals surface area contributed by atoms with E-state index in [1.165, 1.54) is 10.7 Å². The second-order valence-corrected chi connectivity index (χ2v) is 6.70. The number of hydrogen-bond donors (Lipinski definition) is 0. The molecule has 0 saturated carbocycles. The summed E-state index contributed by atoms with van der Waals surface area (Å²) in [7, 11) is 0. The van der Waals surface area contributed by atoms with Crippen molar-refractivity contribution in [2.75, 3.05) is 0 Å². The van der Waals surface area contributed by atoms with Gasteiger partial charge in [0.15, 0.2) is 5.82 Å². The second-order valence-electron chi connectivity index (χ2n) is 5.04. The van der Waals surface area contributed by atoms with Crippen molar-refractivity contribution < 1.29 is 4.42 Å². The predicted octanol–water partition coefficient (Wildman–Crippen LogP) is 4.51. The lowest BCUT2D eigenvalue weighted by atomic mass is 10.2. The Morgan fingerprint density at radius 2 is 2.00 bits per heavy atom. The number of nitrogens with zero attached hydrogens (tertiary/aromatic N) is 4. The quantitative estimate of drug-likeness (QED) is 0.461. The summed E-state index contributed by atoms with van der Waals surface area (Å²) in [4.78, 5) is 20.9. The van der Waals surface area contributed by atoms with Gasteiger partial charge in [0.1, 0.15) is 10.3 Å². The van der Waals surface area contributed by atoms with Crippen molar-refractivity contribution in [3.05, 3.63) is 67.7 Å². The zero-order valence-electron chi connectivity index (χ0n) is 12.3. The summed E-state index contributed by atoms with van der Waals surface area (Å²) in [5.74, 6) is 0.491. The maximum Gasteiger partial charge on any atom is 0.347 e. The first kappa shape index (κ1) is 16.3. The van der Waals surface area contributed by atoms with Crippen LogP contribution in [0.15, 0.2) is 56.4 Å². The summed E-state index contributed by atoms with van der Waals surface area (Å²) in [6.45, 7) is 0. The van der Waals surface area contributed by atoms with Gasteiger partial charge < -0.3 is 4.42 Å². The molecule has 0 spiro atoms. The predicted molar refractivity (Wildman–Crippen MR) is 98.4 cm³/mol. The third-order valence-corrected chi connectivity index (χ3v) is 4.35. The molecule has 0 aliphatic carbocycles. The largest absolute Gasteiger partial charge is 0.401 e. The zero-order chi connectivity index (χ0) is 17.6. The highest BCUT2D eigenvalue weighted by Gasteiger charge is 2.18. The molecule has 3 heterocycles. The Morgan fingerprint density at radius 1 is 1.16 bits per heavy atom. The number of fused-ring (bicyclic) bond motifs is 1. The summed E-state index contributed by atoms with van der Waals surface area (Å²) in [5, 5.41) is 5.44. The molecule has 0 aliphatic rings. The van der Waals surface area contributed by atoms with Crippen LogP contribution in [0.1, 0.15) is 0 Å². The van der Waals surface area contributed by atoms with Crippen molar-refractivity contribution in [1.29, 1.82) is 0 Å². The highest BCUT2D eigenvalue weighted by molar-refractivity contribution is 9.10. The summed E-state index contributed by atoms with van der Waals surface area (Å²) < 4.78 is 7.35. The standard InChI is InChI=1S/C16H7BrCl2N4O2/c17-13-7-12(23(22-13)14-10(19)2-1-5-20-14)15-21-11-4-3-8(18)6-9(11)16(24)25-15/h1-7H. The van der Waals surface area contributed by atoms with Crippen molar-refractivity contribution in [3.63, 3.8) is 0 Å². The van der Waals surface area contributed by atoms with Crippen LogP contribution in [0.4, 0.5) is 0 Å². The molecule has 0 atom stereocenters. The average Bonchev–Trinajstić information content (AvgIpc) is 2.97. The molecule has 0 N–H and O–H groups in total. The van der Waals surface area contributed by atoms with Crippen LogP contribution in [0, 0.1) is 0 Å². The van der Waals surface area contributed by atoms with Gasteiger partial charge in [0, 0.05) is 17.3 Å². The van der Waals surface area contributed by atoms with E-state index in [9.17, 15) is 4.79 Å². The minimum Gasteiger partial charge on any atom is -0.401 e. The van der Waals surface area contributed by atoms with Crippen molar-refractivity contribution >= 4 is 50.0 Å². The fourth-order valence-corrected chi connectivity index (χ4v) is 3.10. The molecule has 25 heavy (non-hydrogen) atoms. The van der Waals surface area contributed by atoms with Crippen molar-refractivity contribution in [2.45, 2.75) is 0 Å². The first-order chi connectivity index (χ1) is 12.0. The molecular weight excluding hydrogens is 431 g/mol. The van der Waals surface area contributed by atoms with Gasteiger partial charge in [-0.1, -0.05) is 23.2 Å². The van der Waals surface area contributed by atoms with Crippen LogP contribution in [-0.2, 0) is 0 Å². The van der Waals surface area contributed by atoms with Gasteiger partial charge in [0.05, 0.1) is 15.9 Å². The number of rotatable bonds is 2. The Balaban J connectivity index is 1.97. The van der Waals surface area contributed by atoms with Crippen LogP contribution in [0.5, 0.6) is 0 Å². The molecule has 0 radical (unpaired) electrons. The molecule has 4 rings (SSSR count). The SMILES string of the molecule is O=c1oc(-c2cc(Br)nn2-c2ncccc2Cl)nc2ccc(Cl)cc12. The van der Waals surface area contributed by atoms with E-state index >= 15 is 0 Å². The normalized spacial score (nSPS) is 11.2. The average molecular weight is 438 g/mol. The topological polar surface area (TPSA) is 73.8 Å². The number of benzene rings is 1. The third-order valence-electron chi connectivity index (χ3n) is 3.43. The Labute approximate surface area is 159 Å². The molecule has 0 fully saturated rings. The molecule has 0 amide bonds. The highest BCUT2D eigenvalue weighted by Crippen LogP contribution is 2.27. The van der Waals surface area contributed by atoms with Crippen LogP contribution < -0.4 is 5.63 Å². The molecule has 4 aromatic rings. The first-order valence-electron chi connectivity index (χ1n) is 7.00. The maximum atomic E-state index is 12.3. The fourth-order valence-electron chi connectivity index (χ4n) is 2.35. The molecule has 9 heteroatoms. The van der Waals surface area contributed by atoms with Crippen LogP contribution in [0.2, 0.25) is 10.0 Å². The lowest BCUT2D eigenvalue weighted by molar-refractivity contribution is 0.513. The van der Waals surface area contributed by atoms with Crippen molar-refractivity contribution in [2.24, 2.45) is 0 Å². The fraction of sp³-hybridized carbons (Fsp3) is 0. The molecule has 6 nitrogen and oxygen atoms in total. The van der Waals surface area contributed by atoms with E-state index in [-0.39, 0.29) is 5.89 Å². The molecular formula is C16H7BrCl2N4O2. The Kier molecular flexibility index (Phi) is 4.07. The molecule has 0 saturated heterocycles. The maximum absolute atomic E-state index is 12.3. The smallest absolute Gasteiger partial charge is 0.347 e. The van der Waals surface area contributed by atoms with E-state index in [1.54, 1.807) is 36.5 Å². The Bertz CT molecular complexity index is 1170. The molecule has 1 aromatic carbocycles. The van der Waals surface area contributed by atoms with Gasteiger partial charge in [-0.05, 0) is 46.3 Å². The zero-order valence-corrected chi connectivity index (χ0v) is 15.4. The van der Waals surface area contributed by atoms with E-state index < -0.39 is 5.63 Å². The highest BCUT2D eigenvalue weighted by atomic mass is 79.9. The van der Waals surface area contributed by atoms with Gasteiger partial charge in [0.2, 0.25) is 5.89 Å². The number of aromatic nitrogens is 4. The van der Waals surface area contributed by atoms with E-state index in [0.29, 0.717) is 37.1 Å². The first-order valence-corrected chi connectivity index (χ1v) is 8.55. The molecule has 3 aromatic heterocycles. The van der Waals surface area contributed by atoms with Crippen LogP contribution >= 0.6 is 39.1 Å². The van der Waals surface area contributed by atoms with Crippen LogP contribution in [0.3, 0.4) is 0 Å². The lowest BCUT2D eigenvalue weighted by Gasteiger charge is -2.07. The van der Waals surface area contributed by atoms with Gasteiger partial charge in [-0.3, -0.25) is 0 Å². The van der Waals surface area contributed by atoms with Crippen LogP contribution in [-0.4, -0.2) is 19.7 Å². The monoisotopic (exact) mass is 436 g/mol. The van der Waals surface area contributed by atoms with Crippen LogP contribution in [0.25, 0.3) is 28.3 Å². The van der Waals surface area contributed by atoms with Gasteiger partial charge in [0.25, 0.3) is 0 Å². The lowest BCUT2D eigenvalue weighted by Crippen LogP contribution is -2.07. The number of pyridine rings is 1. The number of hydrogen-bond acceptors (Lipinski definition) is 5. The molecule has 0 unspecified atom stereocenters. The number of halogens is 3. The van der Waals surface area contributed by atoms with Gasteiger partial charge in [-0.15, -0.1) is 0 Å². The second kappa shape index (κ2) is 6.25. The van der Waals surface area contributed by atoms with Gasteiger partial charge >= 0.3 is 5.63 Å². The van der Waals surface area contributed by atoms with E-state index in [2.05, 4.69) is 31.0 Å². The van der Waals surface area contributed by atoms with Gasteiger partial charge in [-0.25, -0.2) is 19.4 Å². The summed E-state index contributed by atoms with van der Waals surface area (Å²) in [5.41, 5.74) is 0.353. The minimum absolute atomic E-state index is 0.0970. The van der Waals surface area contributed by atoms with E-state index in [1.807, 2.05) is 0 Å². The van der Waals surface area contributed by atoms with E-state index in [0.717, 1.165) is 0 Å².